The quantitative estimate of drug-likeness (QED) is 0.835. The van der Waals surface area contributed by atoms with Crippen molar-refractivity contribution >= 4 is 11.8 Å². The van der Waals surface area contributed by atoms with Gasteiger partial charge in [-0.1, -0.05) is 30.3 Å². The maximum Gasteiger partial charge on any atom is 0.222 e. The van der Waals surface area contributed by atoms with E-state index < -0.39 is 0 Å². The Kier molecular flexibility index (Phi) is 5.75. The van der Waals surface area contributed by atoms with E-state index in [2.05, 4.69) is 10.6 Å². The number of ether oxygens (including phenoxy) is 1. The van der Waals surface area contributed by atoms with Crippen LogP contribution in [-0.2, 0) is 14.3 Å². The van der Waals surface area contributed by atoms with Crippen LogP contribution in [0.3, 0.4) is 0 Å². The van der Waals surface area contributed by atoms with Gasteiger partial charge in [0.1, 0.15) is 0 Å². The first-order valence-corrected chi connectivity index (χ1v) is 7.35. The minimum atomic E-state index is -0.298. The molecule has 21 heavy (non-hydrogen) atoms. The van der Waals surface area contributed by atoms with Crippen LogP contribution in [0.2, 0.25) is 0 Å². The maximum atomic E-state index is 12.0. The highest BCUT2D eigenvalue weighted by Crippen LogP contribution is 2.16. The molecule has 1 saturated heterocycles. The second-order valence-corrected chi connectivity index (χ2v) is 5.31. The molecule has 5 nitrogen and oxygen atoms in total. The lowest BCUT2D eigenvalue weighted by atomic mass is 10.0. The molecule has 1 aromatic rings. The molecule has 1 aliphatic heterocycles. The minimum Gasteiger partial charge on any atom is -0.376 e. The van der Waals surface area contributed by atoms with E-state index >= 15 is 0 Å². The molecule has 0 radical (unpaired) electrons. The molecule has 0 aromatic heterocycles. The highest BCUT2D eigenvalue weighted by atomic mass is 16.5. The number of benzene rings is 1. The number of hydrogen-bond acceptors (Lipinski definition) is 3. The molecule has 1 aliphatic rings. The van der Waals surface area contributed by atoms with Gasteiger partial charge in [0.05, 0.1) is 18.6 Å². The van der Waals surface area contributed by atoms with E-state index in [0.29, 0.717) is 6.54 Å². The van der Waals surface area contributed by atoms with Gasteiger partial charge in [0.15, 0.2) is 0 Å². The van der Waals surface area contributed by atoms with Gasteiger partial charge in [0.25, 0.3) is 0 Å². The fraction of sp³-hybridized carbons (Fsp3) is 0.500. The van der Waals surface area contributed by atoms with E-state index in [1.807, 2.05) is 30.3 Å². The predicted octanol–water partition coefficient (Wildman–Crippen LogP) is 1.55. The van der Waals surface area contributed by atoms with Crippen LogP contribution in [0.1, 0.15) is 37.8 Å². The summed E-state index contributed by atoms with van der Waals surface area (Å²) in [6.45, 7) is 2.78. The van der Waals surface area contributed by atoms with Crippen LogP contribution in [0.15, 0.2) is 30.3 Å². The molecule has 2 N–H and O–H groups in total. The molecular formula is C16H22N2O3. The first-order valence-electron chi connectivity index (χ1n) is 7.35. The van der Waals surface area contributed by atoms with Crippen molar-refractivity contribution in [1.29, 1.82) is 0 Å². The molecule has 1 aromatic carbocycles. The largest absolute Gasteiger partial charge is 0.376 e. The number of hydrogen-bond donors (Lipinski definition) is 2. The van der Waals surface area contributed by atoms with Crippen molar-refractivity contribution in [1.82, 2.24) is 10.6 Å². The number of amides is 2. The minimum absolute atomic E-state index is 0.0758. The van der Waals surface area contributed by atoms with Crippen molar-refractivity contribution in [3.8, 4) is 0 Å². The third-order valence-corrected chi connectivity index (χ3v) is 3.52. The smallest absolute Gasteiger partial charge is 0.222 e. The molecule has 5 heteroatoms. The summed E-state index contributed by atoms with van der Waals surface area (Å²) in [5, 5.41) is 5.71. The standard InChI is InChI=1S/C16H22N2O3/c1-12(19)18-15(13-6-3-2-4-7-13)10-16(20)17-11-14-8-5-9-21-14/h2-4,6-7,14-15H,5,8-11H2,1H3,(H,17,20)(H,18,19)/t14-,15+/m1/s1. The summed E-state index contributed by atoms with van der Waals surface area (Å²) in [5.41, 5.74) is 0.931. The van der Waals surface area contributed by atoms with Crippen LogP contribution in [0.25, 0.3) is 0 Å². The van der Waals surface area contributed by atoms with E-state index in [1.54, 1.807) is 0 Å². The molecule has 0 bridgehead atoms. The normalized spacial score (nSPS) is 19.0. The van der Waals surface area contributed by atoms with E-state index in [9.17, 15) is 9.59 Å². The van der Waals surface area contributed by atoms with Gasteiger partial charge in [-0.15, -0.1) is 0 Å². The van der Waals surface area contributed by atoms with E-state index in [4.69, 9.17) is 4.74 Å². The van der Waals surface area contributed by atoms with Crippen LogP contribution in [0, 0.1) is 0 Å². The van der Waals surface area contributed by atoms with Gasteiger partial charge in [-0.25, -0.2) is 0 Å². The lowest BCUT2D eigenvalue weighted by molar-refractivity contribution is -0.123. The Hall–Kier alpha value is -1.88. The number of carbonyl (C=O) groups excluding carboxylic acids is 2. The zero-order chi connectivity index (χ0) is 15.1. The third kappa shape index (κ3) is 5.19. The van der Waals surface area contributed by atoms with E-state index in [1.165, 1.54) is 6.92 Å². The molecule has 1 heterocycles. The maximum absolute atomic E-state index is 12.0. The molecule has 0 unspecified atom stereocenters. The van der Waals surface area contributed by atoms with Gasteiger partial charge in [-0.3, -0.25) is 9.59 Å². The average molecular weight is 290 g/mol. The molecule has 2 amide bonds. The second-order valence-electron chi connectivity index (χ2n) is 5.31. The highest BCUT2D eigenvalue weighted by Gasteiger charge is 2.19. The van der Waals surface area contributed by atoms with Gasteiger partial charge in [-0.2, -0.15) is 0 Å². The van der Waals surface area contributed by atoms with Gasteiger partial charge in [0, 0.05) is 20.1 Å². The fourth-order valence-corrected chi connectivity index (χ4v) is 2.47. The Bertz CT molecular complexity index is 470. The van der Waals surface area contributed by atoms with Crippen LogP contribution >= 0.6 is 0 Å². The van der Waals surface area contributed by atoms with Crippen molar-refractivity contribution in [2.75, 3.05) is 13.2 Å². The highest BCUT2D eigenvalue weighted by molar-refractivity contribution is 5.79. The first-order chi connectivity index (χ1) is 10.1. The van der Waals surface area contributed by atoms with Crippen molar-refractivity contribution in [2.45, 2.75) is 38.3 Å². The Labute approximate surface area is 125 Å². The molecule has 0 spiro atoms. The summed E-state index contributed by atoms with van der Waals surface area (Å²) in [7, 11) is 0. The molecule has 0 aliphatic carbocycles. The monoisotopic (exact) mass is 290 g/mol. The Morgan fingerprint density at radius 2 is 2.10 bits per heavy atom. The summed E-state index contributed by atoms with van der Waals surface area (Å²) in [5.74, 6) is -0.219. The third-order valence-electron chi connectivity index (χ3n) is 3.52. The van der Waals surface area contributed by atoms with Gasteiger partial charge < -0.3 is 15.4 Å². The summed E-state index contributed by atoms with van der Waals surface area (Å²) < 4.78 is 5.47. The summed E-state index contributed by atoms with van der Waals surface area (Å²) in [6.07, 6.45) is 2.41. The number of nitrogens with one attached hydrogen (secondary N) is 2. The van der Waals surface area contributed by atoms with Crippen LogP contribution < -0.4 is 10.6 Å². The summed E-state index contributed by atoms with van der Waals surface area (Å²) in [4.78, 5) is 23.4. The zero-order valence-corrected chi connectivity index (χ0v) is 12.3. The van der Waals surface area contributed by atoms with Crippen molar-refractivity contribution < 1.29 is 14.3 Å². The fourth-order valence-electron chi connectivity index (χ4n) is 2.47. The molecule has 1 fully saturated rings. The Morgan fingerprint density at radius 1 is 1.33 bits per heavy atom. The molecular weight excluding hydrogens is 268 g/mol. The zero-order valence-electron chi connectivity index (χ0n) is 12.3. The lowest BCUT2D eigenvalue weighted by Gasteiger charge is -2.18. The van der Waals surface area contributed by atoms with E-state index in [-0.39, 0.29) is 30.4 Å². The Balaban J connectivity index is 1.88. The van der Waals surface area contributed by atoms with Crippen LogP contribution in [-0.4, -0.2) is 31.1 Å². The number of rotatable bonds is 6. The van der Waals surface area contributed by atoms with E-state index in [0.717, 1.165) is 25.0 Å². The van der Waals surface area contributed by atoms with Crippen molar-refractivity contribution in [3.63, 3.8) is 0 Å². The van der Waals surface area contributed by atoms with Gasteiger partial charge in [-0.05, 0) is 18.4 Å². The van der Waals surface area contributed by atoms with Crippen LogP contribution in [0.5, 0.6) is 0 Å². The van der Waals surface area contributed by atoms with Crippen LogP contribution in [0.4, 0.5) is 0 Å². The molecule has 2 atom stereocenters. The Morgan fingerprint density at radius 3 is 2.71 bits per heavy atom. The molecule has 114 valence electrons. The summed E-state index contributed by atoms with van der Waals surface area (Å²) in [6, 6.07) is 9.23. The van der Waals surface area contributed by atoms with Gasteiger partial charge in [0.2, 0.25) is 11.8 Å². The number of carbonyl (C=O) groups is 2. The average Bonchev–Trinajstić information content (AvgIpc) is 2.98. The molecule has 2 rings (SSSR count). The van der Waals surface area contributed by atoms with Gasteiger partial charge >= 0.3 is 0 Å². The predicted molar refractivity (Wildman–Crippen MR) is 79.6 cm³/mol. The lowest BCUT2D eigenvalue weighted by Crippen LogP contribution is -2.36. The SMILES string of the molecule is CC(=O)N[C@@H](CC(=O)NC[C@H]1CCCO1)c1ccccc1. The molecule has 0 saturated carbocycles. The topological polar surface area (TPSA) is 67.4 Å². The van der Waals surface area contributed by atoms with Crippen molar-refractivity contribution in [3.05, 3.63) is 35.9 Å². The second kappa shape index (κ2) is 7.78. The van der Waals surface area contributed by atoms with Crippen molar-refractivity contribution in [2.24, 2.45) is 0 Å². The first kappa shape index (κ1) is 15.5. The summed E-state index contributed by atoms with van der Waals surface area (Å²) >= 11 is 0.